The second kappa shape index (κ2) is 5.74. The van der Waals surface area contributed by atoms with Crippen molar-refractivity contribution in [2.45, 2.75) is 13.0 Å². The molecule has 2 aromatic heterocycles. The SMILES string of the molecule is COCC(CNc1cc(C)nc2ncnn12)OC. The van der Waals surface area contributed by atoms with E-state index >= 15 is 0 Å². The molecular formula is C11H17N5O2. The first kappa shape index (κ1) is 12.7. The van der Waals surface area contributed by atoms with Crippen LogP contribution in [0.2, 0.25) is 0 Å². The van der Waals surface area contributed by atoms with Crippen molar-refractivity contribution in [3.05, 3.63) is 18.1 Å². The molecule has 0 amide bonds. The Kier molecular flexibility index (Phi) is 4.06. The largest absolute Gasteiger partial charge is 0.382 e. The summed E-state index contributed by atoms with van der Waals surface area (Å²) in [5.41, 5.74) is 0.888. The summed E-state index contributed by atoms with van der Waals surface area (Å²) in [7, 11) is 3.31. The Labute approximate surface area is 105 Å². The van der Waals surface area contributed by atoms with Crippen LogP contribution in [0.15, 0.2) is 12.4 Å². The Morgan fingerprint density at radius 1 is 1.44 bits per heavy atom. The maximum Gasteiger partial charge on any atom is 0.254 e. The van der Waals surface area contributed by atoms with Gasteiger partial charge in [-0.05, 0) is 6.92 Å². The van der Waals surface area contributed by atoms with Crippen molar-refractivity contribution < 1.29 is 9.47 Å². The minimum atomic E-state index is -0.0120. The molecule has 1 unspecified atom stereocenters. The molecule has 98 valence electrons. The van der Waals surface area contributed by atoms with Crippen molar-refractivity contribution in [1.29, 1.82) is 0 Å². The number of hydrogen-bond acceptors (Lipinski definition) is 6. The van der Waals surface area contributed by atoms with Crippen molar-refractivity contribution in [2.75, 3.05) is 32.7 Å². The first-order valence-corrected chi connectivity index (χ1v) is 5.67. The number of methoxy groups -OCH3 is 2. The Bertz CT molecular complexity index is 513. The van der Waals surface area contributed by atoms with Gasteiger partial charge < -0.3 is 14.8 Å². The highest BCUT2D eigenvalue weighted by Gasteiger charge is 2.09. The zero-order valence-corrected chi connectivity index (χ0v) is 10.8. The van der Waals surface area contributed by atoms with Crippen LogP contribution < -0.4 is 5.32 Å². The highest BCUT2D eigenvalue weighted by atomic mass is 16.5. The maximum atomic E-state index is 5.29. The predicted octanol–water partition coefficient (Wildman–Crippen LogP) is 0.506. The summed E-state index contributed by atoms with van der Waals surface area (Å²) in [6.07, 6.45) is 1.47. The van der Waals surface area contributed by atoms with Crippen LogP contribution in [0.25, 0.3) is 5.78 Å². The molecule has 1 atom stereocenters. The Morgan fingerprint density at radius 2 is 2.28 bits per heavy atom. The lowest BCUT2D eigenvalue weighted by molar-refractivity contribution is 0.0365. The molecule has 0 bridgehead atoms. The monoisotopic (exact) mass is 251 g/mol. The van der Waals surface area contributed by atoms with Crippen LogP contribution >= 0.6 is 0 Å². The Morgan fingerprint density at radius 3 is 3.00 bits per heavy atom. The molecule has 0 aliphatic rings. The number of hydrogen-bond donors (Lipinski definition) is 1. The standard InChI is InChI=1S/C11H17N5O2/c1-8-4-10(12-5-9(18-3)6-17-2)16-11(15-8)13-7-14-16/h4,7,9,12H,5-6H2,1-3H3. The molecule has 1 N–H and O–H groups in total. The second-order valence-electron chi connectivity index (χ2n) is 3.95. The van der Waals surface area contributed by atoms with E-state index in [9.17, 15) is 0 Å². The molecule has 7 nitrogen and oxygen atoms in total. The lowest BCUT2D eigenvalue weighted by Crippen LogP contribution is -2.27. The van der Waals surface area contributed by atoms with Gasteiger partial charge in [-0.2, -0.15) is 14.6 Å². The number of fused-ring (bicyclic) bond motifs is 1. The third-order valence-electron chi connectivity index (χ3n) is 2.58. The van der Waals surface area contributed by atoms with E-state index in [1.807, 2.05) is 13.0 Å². The summed E-state index contributed by atoms with van der Waals surface area (Å²) >= 11 is 0. The van der Waals surface area contributed by atoms with E-state index in [4.69, 9.17) is 9.47 Å². The third kappa shape index (κ3) is 2.74. The average molecular weight is 251 g/mol. The molecule has 0 aliphatic carbocycles. The number of anilines is 1. The summed E-state index contributed by atoms with van der Waals surface area (Å²) in [5.74, 6) is 1.42. The number of aryl methyl sites for hydroxylation is 1. The van der Waals surface area contributed by atoms with Crippen LogP contribution in [0, 0.1) is 6.92 Å². The van der Waals surface area contributed by atoms with Gasteiger partial charge in [0.05, 0.1) is 12.7 Å². The second-order valence-corrected chi connectivity index (χ2v) is 3.95. The summed E-state index contributed by atoms with van der Waals surface area (Å²) in [5, 5.41) is 7.38. The molecule has 0 saturated heterocycles. The van der Waals surface area contributed by atoms with Gasteiger partial charge in [0.1, 0.15) is 12.1 Å². The summed E-state index contributed by atoms with van der Waals surface area (Å²) < 4.78 is 12.0. The van der Waals surface area contributed by atoms with E-state index in [-0.39, 0.29) is 6.10 Å². The van der Waals surface area contributed by atoms with Gasteiger partial charge in [0.25, 0.3) is 5.78 Å². The average Bonchev–Trinajstić information content (AvgIpc) is 2.82. The van der Waals surface area contributed by atoms with Gasteiger partial charge in [-0.3, -0.25) is 0 Å². The molecule has 0 aliphatic heterocycles. The van der Waals surface area contributed by atoms with Gasteiger partial charge in [-0.25, -0.2) is 4.98 Å². The van der Waals surface area contributed by atoms with Gasteiger partial charge in [0.15, 0.2) is 0 Å². The van der Waals surface area contributed by atoms with E-state index in [1.54, 1.807) is 18.7 Å². The van der Waals surface area contributed by atoms with E-state index in [1.165, 1.54) is 6.33 Å². The fourth-order valence-corrected chi connectivity index (χ4v) is 1.67. The number of nitrogens with one attached hydrogen (secondary N) is 1. The molecule has 0 radical (unpaired) electrons. The molecule has 2 rings (SSSR count). The van der Waals surface area contributed by atoms with Crippen molar-refractivity contribution in [2.24, 2.45) is 0 Å². The van der Waals surface area contributed by atoms with Crippen molar-refractivity contribution >= 4 is 11.6 Å². The number of nitrogens with zero attached hydrogens (tertiary/aromatic N) is 4. The van der Waals surface area contributed by atoms with Gasteiger partial charge >= 0.3 is 0 Å². The number of ether oxygens (including phenoxy) is 2. The third-order valence-corrected chi connectivity index (χ3v) is 2.58. The van der Waals surface area contributed by atoms with E-state index in [0.717, 1.165) is 11.5 Å². The first-order chi connectivity index (χ1) is 8.74. The van der Waals surface area contributed by atoms with Crippen molar-refractivity contribution in [1.82, 2.24) is 19.6 Å². The minimum Gasteiger partial charge on any atom is -0.382 e. The van der Waals surface area contributed by atoms with Crippen LogP contribution in [-0.2, 0) is 9.47 Å². The zero-order valence-electron chi connectivity index (χ0n) is 10.8. The summed E-state index contributed by atoms with van der Waals surface area (Å²) in [6, 6.07) is 1.92. The van der Waals surface area contributed by atoms with Crippen LogP contribution in [-0.4, -0.2) is 53.1 Å². The Balaban J connectivity index is 2.13. The smallest absolute Gasteiger partial charge is 0.254 e. The Hall–Kier alpha value is -1.73. The molecule has 2 aromatic rings. The minimum absolute atomic E-state index is 0.0120. The summed E-state index contributed by atoms with van der Waals surface area (Å²) in [6.45, 7) is 3.08. The fraction of sp³-hybridized carbons (Fsp3) is 0.545. The van der Waals surface area contributed by atoms with Crippen LogP contribution in [0.4, 0.5) is 5.82 Å². The van der Waals surface area contributed by atoms with Gasteiger partial charge in [-0.1, -0.05) is 0 Å². The van der Waals surface area contributed by atoms with E-state index < -0.39 is 0 Å². The molecule has 0 fully saturated rings. The highest BCUT2D eigenvalue weighted by molar-refractivity contribution is 5.44. The quantitative estimate of drug-likeness (QED) is 0.806. The zero-order chi connectivity index (χ0) is 13.0. The molecule has 7 heteroatoms. The van der Waals surface area contributed by atoms with Crippen molar-refractivity contribution in [3.8, 4) is 0 Å². The molecule has 0 aromatic carbocycles. The highest BCUT2D eigenvalue weighted by Crippen LogP contribution is 2.10. The fourth-order valence-electron chi connectivity index (χ4n) is 1.67. The molecule has 0 saturated carbocycles. The van der Waals surface area contributed by atoms with Crippen LogP contribution in [0.5, 0.6) is 0 Å². The van der Waals surface area contributed by atoms with Gasteiger partial charge in [-0.15, -0.1) is 0 Å². The van der Waals surface area contributed by atoms with Crippen molar-refractivity contribution in [3.63, 3.8) is 0 Å². The molecule has 2 heterocycles. The molecular weight excluding hydrogens is 234 g/mol. The van der Waals surface area contributed by atoms with E-state index in [2.05, 4.69) is 20.4 Å². The number of rotatable bonds is 6. The maximum absolute atomic E-state index is 5.29. The predicted molar refractivity (Wildman–Crippen MR) is 66.7 cm³/mol. The van der Waals surface area contributed by atoms with Gasteiger partial charge in [0.2, 0.25) is 0 Å². The van der Waals surface area contributed by atoms with Crippen LogP contribution in [0.1, 0.15) is 5.69 Å². The number of aromatic nitrogens is 4. The topological polar surface area (TPSA) is 73.6 Å². The lowest BCUT2D eigenvalue weighted by atomic mass is 10.3. The molecule has 18 heavy (non-hydrogen) atoms. The first-order valence-electron chi connectivity index (χ1n) is 5.67. The van der Waals surface area contributed by atoms with E-state index in [0.29, 0.717) is 18.9 Å². The van der Waals surface area contributed by atoms with Gasteiger partial charge in [0, 0.05) is 32.5 Å². The lowest BCUT2D eigenvalue weighted by Gasteiger charge is -2.16. The summed E-state index contributed by atoms with van der Waals surface area (Å²) in [4.78, 5) is 8.34. The molecule has 0 spiro atoms. The normalized spacial score (nSPS) is 12.8. The van der Waals surface area contributed by atoms with Crippen LogP contribution in [0.3, 0.4) is 0 Å².